The summed E-state index contributed by atoms with van der Waals surface area (Å²) in [5.74, 6) is 2.39. The SMILES string of the molecule is CC.CC(C)CC1C=c2cc(C=O)[nH]c2=CC1.CNCC1=CCCC=C1OC. The van der Waals surface area contributed by atoms with Gasteiger partial charge < -0.3 is 15.0 Å². The van der Waals surface area contributed by atoms with Gasteiger partial charge in [0.25, 0.3) is 0 Å². The number of methoxy groups -OCH3 is 1. The number of rotatable bonds is 6. The van der Waals surface area contributed by atoms with Crippen molar-refractivity contribution in [2.45, 2.75) is 53.4 Å². The van der Waals surface area contributed by atoms with Gasteiger partial charge in [0.1, 0.15) is 5.76 Å². The number of carbonyl (C=O) groups excluding carboxylic acids is 1. The van der Waals surface area contributed by atoms with Gasteiger partial charge in [-0.25, -0.2) is 0 Å². The lowest BCUT2D eigenvalue weighted by molar-refractivity contribution is 0.111. The highest BCUT2D eigenvalue weighted by Crippen LogP contribution is 2.19. The zero-order valence-corrected chi connectivity index (χ0v) is 18.5. The number of aldehydes is 1. The van der Waals surface area contributed by atoms with E-state index < -0.39 is 0 Å². The highest BCUT2D eigenvalue weighted by atomic mass is 16.5. The molecule has 156 valence electrons. The van der Waals surface area contributed by atoms with Gasteiger partial charge in [0, 0.05) is 17.5 Å². The Bertz CT molecular complexity index is 769. The molecule has 0 spiro atoms. The van der Waals surface area contributed by atoms with Gasteiger partial charge in [-0.15, -0.1) is 0 Å². The molecule has 0 fully saturated rings. The first-order valence-corrected chi connectivity index (χ1v) is 10.5. The summed E-state index contributed by atoms with van der Waals surface area (Å²) < 4.78 is 5.21. The Kier molecular flexibility index (Phi) is 11.3. The molecular formula is C24H38N2O2. The predicted octanol–water partition coefficient (Wildman–Crippen LogP) is 3.94. The fourth-order valence-electron chi connectivity index (χ4n) is 3.51. The molecule has 2 aliphatic rings. The molecule has 2 N–H and O–H groups in total. The average Bonchev–Trinajstić information content (AvgIpc) is 3.13. The summed E-state index contributed by atoms with van der Waals surface area (Å²) in [4.78, 5) is 13.7. The number of carbonyl (C=O) groups is 1. The molecule has 0 aromatic carbocycles. The summed E-state index contributed by atoms with van der Waals surface area (Å²) in [5.41, 5.74) is 1.96. The van der Waals surface area contributed by atoms with Gasteiger partial charge in [0.15, 0.2) is 6.29 Å². The van der Waals surface area contributed by atoms with Gasteiger partial charge in [-0.3, -0.25) is 4.79 Å². The smallest absolute Gasteiger partial charge is 0.166 e. The molecule has 0 aliphatic heterocycles. The van der Waals surface area contributed by atoms with Crippen molar-refractivity contribution < 1.29 is 9.53 Å². The Labute approximate surface area is 170 Å². The van der Waals surface area contributed by atoms with E-state index in [0.29, 0.717) is 11.6 Å². The number of ether oxygens (including phenoxy) is 1. The normalized spacial score (nSPS) is 17.3. The predicted molar refractivity (Wildman–Crippen MR) is 120 cm³/mol. The van der Waals surface area contributed by atoms with E-state index in [1.54, 1.807) is 7.11 Å². The van der Waals surface area contributed by atoms with E-state index >= 15 is 0 Å². The highest BCUT2D eigenvalue weighted by molar-refractivity contribution is 5.72. The van der Waals surface area contributed by atoms with Crippen molar-refractivity contribution in [3.63, 3.8) is 0 Å². The molecule has 1 atom stereocenters. The first-order valence-electron chi connectivity index (χ1n) is 10.5. The lowest BCUT2D eigenvalue weighted by Gasteiger charge is -2.14. The van der Waals surface area contributed by atoms with Crippen LogP contribution in [0.2, 0.25) is 0 Å². The van der Waals surface area contributed by atoms with Crippen molar-refractivity contribution in [2.24, 2.45) is 11.8 Å². The molecule has 3 rings (SSSR count). The van der Waals surface area contributed by atoms with Crippen LogP contribution >= 0.6 is 0 Å². The van der Waals surface area contributed by atoms with E-state index in [4.69, 9.17) is 4.74 Å². The van der Waals surface area contributed by atoms with Crippen molar-refractivity contribution in [3.05, 3.63) is 45.8 Å². The first kappa shape index (κ1) is 24.0. The van der Waals surface area contributed by atoms with Gasteiger partial charge >= 0.3 is 0 Å². The van der Waals surface area contributed by atoms with Gasteiger partial charge in [0.2, 0.25) is 0 Å². The molecule has 4 heteroatoms. The third-order valence-electron chi connectivity index (χ3n) is 4.63. The maximum atomic E-state index is 10.6. The summed E-state index contributed by atoms with van der Waals surface area (Å²) in [5, 5.41) is 5.41. The van der Waals surface area contributed by atoms with E-state index in [2.05, 4.69) is 48.5 Å². The summed E-state index contributed by atoms with van der Waals surface area (Å²) in [7, 11) is 3.67. The lowest BCUT2D eigenvalue weighted by Crippen LogP contribution is -2.27. The Morgan fingerprint density at radius 2 is 1.96 bits per heavy atom. The Hall–Kier alpha value is -2.07. The minimum atomic E-state index is 0.632. The van der Waals surface area contributed by atoms with Crippen molar-refractivity contribution in [3.8, 4) is 0 Å². The monoisotopic (exact) mass is 386 g/mol. The number of fused-ring (bicyclic) bond motifs is 1. The summed E-state index contributed by atoms with van der Waals surface area (Å²) >= 11 is 0. The van der Waals surface area contributed by atoms with Crippen LogP contribution in [0.3, 0.4) is 0 Å². The highest BCUT2D eigenvalue weighted by Gasteiger charge is 2.10. The van der Waals surface area contributed by atoms with Crippen LogP contribution in [0.1, 0.15) is 63.9 Å². The zero-order chi connectivity index (χ0) is 20.9. The van der Waals surface area contributed by atoms with Gasteiger partial charge in [-0.2, -0.15) is 0 Å². The van der Waals surface area contributed by atoms with E-state index in [9.17, 15) is 4.79 Å². The van der Waals surface area contributed by atoms with Crippen molar-refractivity contribution in [2.75, 3.05) is 20.7 Å². The maximum Gasteiger partial charge on any atom is 0.166 e. The van der Waals surface area contributed by atoms with Gasteiger partial charge in [0.05, 0.1) is 12.8 Å². The Balaban J connectivity index is 0.000000268. The van der Waals surface area contributed by atoms with Crippen LogP contribution in [-0.2, 0) is 4.74 Å². The maximum absolute atomic E-state index is 10.6. The minimum absolute atomic E-state index is 0.632. The second-order valence-electron chi connectivity index (χ2n) is 7.32. The molecule has 1 unspecified atom stereocenters. The van der Waals surface area contributed by atoms with Crippen molar-refractivity contribution in [1.82, 2.24) is 10.3 Å². The molecule has 0 radical (unpaired) electrons. The number of aromatic amines is 1. The fourth-order valence-corrected chi connectivity index (χ4v) is 3.51. The molecule has 2 aliphatic carbocycles. The van der Waals surface area contributed by atoms with Crippen LogP contribution in [-0.4, -0.2) is 32.0 Å². The number of aromatic nitrogens is 1. The Morgan fingerprint density at radius 1 is 1.25 bits per heavy atom. The fraction of sp³-hybridized carbons (Fsp3) is 0.542. The lowest BCUT2D eigenvalue weighted by atomic mass is 9.91. The third-order valence-corrected chi connectivity index (χ3v) is 4.63. The summed E-state index contributed by atoms with van der Waals surface area (Å²) in [6.07, 6.45) is 14.3. The zero-order valence-electron chi connectivity index (χ0n) is 18.5. The second kappa shape index (κ2) is 13.2. The third kappa shape index (κ3) is 7.51. The first-order chi connectivity index (χ1) is 13.6. The Morgan fingerprint density at radius 3 is 2.57 bits per heavy atom. The van der Waals surface area contributed by atoms with Crippen molar-refractivity contribution >= 4 is 18.4 Å². The van der Waals surface area contributed by atoms with Crippen LogP contribution in [0.4, 0.5) is 0 Å². The molecule has 28 heavy (non-hydrogen) atoms. The standard InChI is InChI=1S/C13H17NO.C9H15NO.C2H6/c1-9(2)5-10-3-4-13-11(6-10)7-12(8-15)14-13;1-10-7-8-5-3-4-6-9(8)11-2;1-2/h4,6-10,14H,3,5H2,1-2H3;5-6,10H,3-4,7H2,1-2H3;1-2H3. The second-order valence-corrected chi connectivity index (χ2v) is 7.32. The topological polar surface area (TPSA) is 54.1 Å². The molecule has 0 amide bonds. The summed E-state index contributed by atoms with van der Waals surface area (Å²) in [6.45, 7) is 9.40. The van der Waals surface area contributed by atoms with Crippen LogP contribution in [0, 0.1) is 11.8 Å². The van der Waals surface area contributed by atoms with E-state index in [-0.39, 0.29) is 0 Å². The number of H-pyrrole nitrogens is 1. The van der Waals surface area contributed by atoms with Gasteiger partial charge in [-0.05, 0) is 61.9 Å². The van der Waals surface area contributed by atoms with E-state index in [1.165, 1.54) is 17.2 Å². The van der Waals surface area contributed by atoms with Gasteiger partial charge in [-0.1, -0.05) is 45.9 Å². The van der Waals surface area contributed by atoms with Crippen LogP contribution in [0.15, 0.2) is 29.6 Å². The molecule has 1 aromatic heterocycles. The van der Waals surface area contributed by atoms with Crippen LogP contribution < -0.4 is 15.9 Å². The quantitative estimate of drug-likeness (QED) is 0.728. The number of likely N-dealkylation sites (N-methyl/N-ethyl adjacent to an activating group) is 1. The number of nitrogens with one attached hydrogen (secondary N) is 2. The molecule has 4 nitrogen and oxygen atoms in total. The van der Waals surface area contributed by atoms with Crippen molar-refractivity contribution in [1.29, 1.82) is 0 Å². The largest absolute Gasteiger partial charge is 0.497 e. The number of hydrogen-bond donors (Lipinski definition) is 2. The molecule has 0 saturated heterocycles. The number of allylic oxidation sites excluding steroid dienone is 2. The number of hydrogen-bond acceptors (Lipinski definition) is 3. The molecule has 0 saturated carbocycles. The molecular weight excluding hydrogens is 348 g/mol. The molecule has 0 bridgehead atoms. The van der Waals surface area contributed by atoms with Crippen LogP contribution in [0.5, 0.6) is 0 Å². The molecule has 1 heterocycles. The van der Waals surface area contributed by atoms with E-state index in [0.717, 1.165) is 49.1 Å². The minimum Gasteiger partial charge on any atom is -0.497 e. The summed E-state index contributed by atoms with van der Waals surface area (Å²) in [6, 6.07) is 1.94. The molecule has 1 aromatic rings. The van der Waals surface area contributed by atoms with Crippen LogP contribution in [0.25, 0.3) is 12.2 Å². The average molecular weight is 387 g/mol. The van der Waals surface area contributed by atoms with E-state index in [1.807, 2.05) is 27.0 Å².